The van der Waals surface area contributed by atoms with Crippen LogP contribution in [-0.4, -0.2) is 22.0 Å². The zero-order valence-corrected chi connectivity index (χ0v) is 17.2. The zero-order valence-electron chi connectivity index (χ0n) is 17.2. The Hall–Kier alpha value is -3.60. The lowest BCUT2D eigenvalue weighted by molar-refractivity contribution is 0.102. The van der Waals surface area contributed by atoms with Crippen LogP contribution in [0.2, 0.25) is 0 Å². The summed E-state index contributed by atoms with van der Waals surface area (Å²) in [5.41, 5.74) is 6.91. The van der Waals surface area contributed by atoms with Crippen molar-refractivity contribution in [2.75, 3.05) is 16.8 Å². The highest BCUT2D eigenvalue weighted by atomic mass is 16.1. The lowest BCUT2D eigenvalue weighted by atomic mass is 10.1. The maximum absolute atomic E-state index is 12.8. The molecule has 0 fully saturated rings. The molecular weight excluding hydrogens is 372 g/mol. The Kier molecular flexibility index (Phi) is 4.51. The molecule has 0 unspecified atom stereocenters. The molecule has 30 heavy (non-hydrogen) atoms. The van der Waals surface area contributed by atoms with E-state index in [9.17, 15) is 4.79 Å². The first-order chi connectivity index (χ1) is 14.6. The number of nitrogens with zero attached hydrogens (tertiary/aromatic N) is 3. The van der Waals surface area contributed by atoms with Crippen molar-refractivity contribution in [1.82, 2.24) is 9.55 Å². The van der Waals surface area contributed by atoms with Crippen LogP contribution in [0.4, 0.5) is 11.4 Å². The van der Waals surface area contributed by atoms with E-state index in [1.165, 1.54) is 5.52 Å². The van der Waals surface area contributed by atoms with Crippen LogP contribution in [0.15, 0.2) is 66.7 Å². The van der Waals surface area contributed by atoms with Gasteiger partial charge in [-0.2, -0.15) is 0 Å². The van der Waals surface area contributed by atoms with Crippen LogP contribution < -0.4 is 10.2 Å². The van der Waals surface area contributed by atoms with Crippen LogP contribution in [0.1, 0.15) is 27.3 Å². The van der Waals surface area contributed by atoms with Crippen LogP contribution >= 0.6 is 0 Å². The van der Waals surface area contributed by atoms with Crippen LogP contribution in [0.3, 0.4) is 0 Å². The smallest absolute Gasteiger partial charge is 0.255 e. The van der Waals surface area contributed by atoms with E-state index in [1.807, 2.05) is 44.2 Å². The van der Waals surface area contributed by atoms with Gasteiger partial charge >= 0.3 is 0 Å². The van der Waals surface area contributed by atoms with Gasteiger partial charge in [0.1, 0.15) is 5.82 Å². The van der Waals surface area contributed by atoms with Gasteiger partial charge in [0, 0.05) is 30.0 Å². The summed E-state index contributed by atoms with van der Waals surface area (Å²) < 4.78 is 2.31. The second-order valence-electron chi connectivity index (χ2n) is 7.86. The summed E-state index contributed by atoms with van der Waals surface area (Å²) in [6, 6.07) is 22.2. The molecule has 5 nitrogen and oxygen atoms in total. The summed E-state index contributed by atoms with van der Waals surface area (Å²) in [6.45, 7) is 6.53. The van der Waals surface area contributed by atoms with Crippen molar-refractivity contribution < 1.29 is 4.79 Å². The Balaban J connectivity index is 1.41. The number of carbonyl (C=O) groups is 1. The maximum atomic E-state index is 12.8. The van der Waals surface area contributed by atoms with E-state index in [2.05, 4.69) is 51.2 Å². The number of aromatic nitrogens is 2. The number of rotatable bonds is 3. The highest BCUT2D eigenvalue weighted by Crippen LogP contribution is 2.28. The van der Waals surface area contributed by atoms with Gasteiger partial charge in [-0.05, 0) is 55.3 Å². The minimum Gasteiger partial charge on any atom is -0.362 e. The first-order valence-corrected chi connectivity index (χ1v) is 10.3. The van der Waals surface area contributed by atoms with Gasteiger partial charge < -0.3 is 14.8 Å². The Morgan fingerprint density at radius 3 is 2.60 bits per heavy atom. The first-order valence-electron chi connectivity index (χ1n) is 10.3. The number of imidazole rings is 1. The van der Waals surface area contributed by atoms with Crippen molar-refractivity contribution in [3.05, 3.63) is 89.2 Å². The van der Waals surface area contributed by atoms with Crippen LogP contribution in [0.5, 0.6) is 0 Å². The molecule has 4 aromatic rings. The average Bonchev–Trinajstić information content (AvgIpc) is 3.13. The van der Waals surface area contributed by atoms with E-state index in [-0.39, 0.29) is 5.91 Å². The van der Waals surface area contributed by atoms with Gasteiger partial charge in [0.2, 0.25) is 0 Å². The summed E-state index contributed by atoms with van der Waals surface area (Å²) in [5.74, 6) is 1.00. The Labute approximate surface area is 176 Å². The number of amides is 1. The molecule has 1 aromatic heterocycles. The van der Waals surface area contributed by atoms with Crippen LogP contribution in [-0.2, 0) is 13.1 Å². The van der Waals surface area contributed by atoms with Crippen molar-refractivity contribution in [1.29, 1.82) is 0 Å². The second kappa shape index (κ2) is 7.34. The molecule has 5 heteroatoms. The van der Waals surface area contributed by atoms with Crippen LogP contribution in [0.25, 0.3) is 11.0 Å². The van der Waals surface area contributed by atoms with Gasteiger partial charge in [-0.1, -0.05) is 36.4 Å². The molecule has 0 saturated carbocycles. The molecule has 1 aliphatic heterocycles. The third kappa shape index (κ3) is 3.22. The number of hydrogen-bond acceptors (Lipinski definition) is 3. The summed E-state index contributed by atoms with van der Waals surface area (Å²) in [7, 11) is 0. The molecule has 2 heterocycles. The number of aryl methyl sites for hydroxylation is 2. The Bertz CT molecular complexity index is 1260. The largest absolute Gasteiger partial charge is 0.362 e. The van der Waals surface area contributed by atoms with Gasteiger partial charge in [-0.15, -0.1) is 0 Å². The fourth-order valence-corrected chi connectivity index (χ4v) is 4.15. The van der Waals surface area contributed by atoms with E-state index < -0.39 is 0 Å². The summed E-state index contributed by atoms with van der Waals surface area (Å²) in [6.07, 6.45) is 0. The standard InChI is InChI=1S/C25H24N4O/c1-17-7-3-4-8-20(17)25(30)27-22-15-19(12-11-18(22)2)28-13-14-29-23-10-6-5-9-21(23)26-24(29)16-28/h3-12,15H,13-14,16H2,1-2H3,(H,27,30). The maximum Gasteiger partial charge on any atom is 0.255 e. The van der Waals surface area contributed by atoms with E-state index in [1.54, 1.807) is 0 Å². The molecule has 0 spiro atoms. The fourth-order valence-electron chi connectivity index (χ4n) is 4.15. The van der Waals surface area contributed by atoms with Crippen molar-refractivity contribution in [3.8, 4) is 0 Å². The van der Waals surface area contributed by atoms with Crippen molar-refractivity contribution >= 4 is 28.3 Å². The SMILES string of the molecule is Cc1ccc(N2CCn3c(nc4ccccc43)C2)cc1NC(=O)c1ccccc1C. The van der Waals surface area contributed by atoms with E-state index in [0.717, 1.165) is 53.5 Å². The lowest BCUT2D eigenvalue weighted by Gasteiger charge is -2.30. The van der Waals surface area contributed by atoms with Crippen molar-refractivity contribution in [2.45, 2.75) is 26.9 Å². The van der Waals surface area contributed by atoms with Crippen LogP contribution in [0, 0.1) is 13.8 Å². The summed E-state index contributed by atoms with van der Waals surface area (Å²) in [5, 5.41) is 3.10. The number of nitrogens with one attached hydrogen (secondary N) is 1. The van der Waals surface area contributed by atoms with Gasteiger partial charge in [-0.25, -0.2) is 4.98 Å². The molecule has 0 radical (unpaired) electrons. The first kappa shape index (κ1) is 18.4. The number of para-hydroxylation sites is 2. The number of benzene rings is 3. The molecule has 1 aliphatic rings. The Morgan fingerprint density at radius 2 is 1.73 bits per heavy atom. The zero-order chi connectivity index (χ0) is 20.7. The normalized spacial score (nSPS) is 13.3. The number of carbonyl (C=O) groups excluding carboxylic acids is 1. The number of fused-ring (bicyclic) bond motifs is 3. The van der Waals surface area contributed by atoms with E-state index in [4.69, 9.17) is 4.98 Å². The highest BCUT2D eigenvalue weighted by molar-refractivity contribution is 6.05. The lowest BCUT2D eigenvalue weighted by Crippen LogP contribution is -2.33. The molecule has 0 saturated heterocycles. The monoisotopic (exact) mass is 396 g/mol. The van der Waals surface area contributed by atoms with Gasteiger partial charge in [0.15, 0.2) is 0 Å². The molecule has 1 N–H and O–H groups in total. The van der Waals surface area contributed by atoms with Crippen molar-refractivity contribution in [3.63, 3.8) is 0 Å². The fraction of sp³-hybridized carbons (Fsp3) is 0.200. The minimum absolute atomic E-state index is 0.0752. The molecule has 150 valence electrons. The van der Waals surface area contributed by atoms with E-state index >= 15 is 0 Å². The third-order valence-corrected chi connectivity index (χ3v) is 5.88. The van der Waals surface area contributed by atoms with Crippen molar-refractivity contribution in [2.24, 2.45) is 0 Å². The van der Waals surface area contributed by atoms with E-state index in [0.29, 0.717) is 5.56 Å². The second-order valence-corrected chi connectivity index (χ2v) is 7.86. The summed E-state index contributed by atoms with van der Waals surface area (Å²) in [4.78, 5) is 19.9. The molecule has 5 rings (SSSR count). The molecule has 0 bridgehead atoms. The highest BCUT2D eigenvalue weighted by Gasteiger charge is 2.21. The molecule has 1 amide bonds. The topological polar surface area (TPSA) is 50.2 Å². The average molecular weight is 396 g/mol. The quantitative estimate of drug-likeness (QED) is 0.534. The minimum atomic E-state index is -0.0752. The Morgan fingerprint density at radius 1 is 0.933 bits per heavy atom. The summed E-state index contributed by atoms with van der Waals surface area (Å²) >= 11 is 0. The molecular formula is C25H24N4O. The molecule has 3 aromatic carbocycles. The predicted octanol–water partition coefficient (Wildman–Crippen LogP) is 4.93. The predicted molar refractivity (Wildman–Crippen MR) is 121 cm³/mol. The van der Waals surface area contributed by atoms with Gasteiger partial charge in [0.05, 0.1) is 17.6 Å². The number of anilines is 2. The third-order valence-electron chi connectivity index (χ3n) is 5.88. The van der Waals surface area contributed by atoms with Gasteiger partial charge in [0.25, 0.3) is 5.91 Å². The molecule has 0 aliphatic carbocycles. The van der Waals surface area contributed by atoms with Gasteiger partial charge in [-0.3, -0.25) is 4.79 Å². The molecule has 0 atom stereocenters. The number of hydrogen-bond donors (Lipinski definition) is 1.